The van der Waals surface area contributed by atoms with Crippen molar-refractivity contribution in [2.24, 2.45) is 0 Å². The Morgan fingerprint density at radius 3 is 2.04 bits per heavy atom. The zero-order valence-electron chi connectivity index (χ0n) is 13.8. The summed E-state index contributed by atoms with van der Waals surface area (Å²) >= 11 is 5.74. The number of aliphatic hydroxyl groups is 1. The minimum absolute atomic E-state index is 0.118. The molecule has 128 valence electrons. The summed E-state index contributed by atoms with van der Waals surface area (Å²) in [7, 11) is 0. The number of halogens is 1. The molecular weight excluding hydrogens is 328 g/mol. The van der Waals surface area contributed by atoms with Crippen molar-refractivity contribution in [1.29, 1.82) is 0 Å². The van der Waals surface area contributed by atoms with Crippen LogP contribution in [0.3, 0.4) is 0 Å². The third-order valence-electron chi connectivity index (χ3n) is 3.49. The van der Waals surface area contributed by atoms with Crippen molar-refractivity contribution in [3.8, 4) is 5.75 Å². The zero-order valence-corrected chi connectivity index (χ0v) is 14.5. The first-order chi connectivity index (χ1) is 11.4. The Morgan fingerprint density at radius 1 is 1.08 bits per heavy atom. The highest BCUT2D eigenvalue weighted by Gasteiger charge is 2.22. The van der Waals surface area contributed by atoms with E-state index in [1.54, 1.807) is 31.2 Å². The Balaban J connectivity index is 0.000000282. The lowest BCUT2D eigenvalue weighted by molar-refractivity contribution is -0.154. The number of ether oxygens (including phenoxy) is 2. The van der Waals surface area contributed by atoms with Crippen molar-refractivity contribution in [2.75, 3.05) is 6.61 Å². The van der Waals surface area contributed by atoms with Crippen LogP contribution in [0, 0.1) is 10.4 Å². The summed E-state index contributed by atoms with van der Waals surface area (Å²) in [6.07, 6.45) is 0.515. The average Bonchev–Trinajstić information content (AvgIpc) is 2.53. The SMILES string of the molecule is CCC(=O)OCCC(C)(O)Oc1ccc(Cl)cc1.c1cc2ccc1=2. The molecule has 5 heteroatoms. The van der Waals surface area contributed by atoms with Crippen LogP contribution in [-0.4, -0.2) is 23.5 Å². The molecule has 1 unspecified atom stereocenters. The molecule has 0 fully saturated rings. The Morgan fingerprint density at radius 2 is 1.62 bits per heavy atom. The standard InChI is InChI=1S/C13H17ClO4.C6H4/c1-3-12(15)17-9-8-13(2,16)18-11-6-4-10(14)5-7-11;1-2-6-4-3-5(1)6/h4-7,16H,3,8-9H2,1-2H3;1-4H. The molecule has 0 heterocycles. The van der Waals surface area contributed by atoms with Gasteiger partial charge in [-0.2, -0.15) is 0 Å². The first-order valence-electron chi connectivity index (χ1n) is 7.82. The lowest BCUT2D eigenvalue weighted by Crippen LogP contribution is -2.33. The van der Waals surface area contributed by atoms with Crippen LogP contribution in [0.1, 0.15) is 26.7 Å². The molecule has 24 heavy (non-hydrogen) atoms. The van der Waals surface area contributed by atoms with Crippen molar-refractivity contribution in [2.45, 2.75) is 32.5 Å². The maximum atomic E-state index is 10.9. The summed E-state index contributed by atoms with van der Waals surface area (Å²) in [4.78, 5) is 10.9. The Labute approximate surface area is 146 Å². The third-order valence-corrected chi connectivity index (χ3v) is 3.74. The molecule has 0 saturated heterocycles. The molecule has 1 aromatic carbocycles. The Bertz CT molecular complexity index is 718. The van der Waals surface area contributed by atoms with E-state index in [0.29, 0.717) is 17.2 Å². The molecule has 0 spiro atoms. The summed E-state index contributed by atoms with van der Waals surface area (Å²) < 4.78 is 10.3. The van der Waals surface area contributed by atoms with E-state index in [9.17, 15) is 9.90 Å². The first-order valence-corrected chi connectivity index (χ1v) is 8.20. The summed E-state index contributed by atoms with van der Waals surface area (Å²) in [6, 6.07) is 15.1. The molecule has 1 atom stereocenters. The van der Waals surface area contributed by atoms with Crippen LogP contribution in [0.2, 0.25) is 5.02 Å². The fraction of sp³-hybridized carbons (Fsp3) is 0.316. The van der Waals surface area contributed by atoms with Gasteiger partial charge in [-0.1, -0.05) is 42.8 Å². The molecule has 0 aromatic heterocycles. The molecule has 0 aliphatic heterocycles. The second kappa shape index (κ2) is 8.18. The summed E-state index contributed by atoms with van der Waals surface area (Å²) in [5, 5.41) is 13.4. The summed E-state index contributed by atoms with van der Waals surface area (Å²) in [5.74, 6) is -1.18. The normalized spacial score (nSPS) is 13.2. The molecule has 2 aliphatic rings. The Hall–Kier alpha value is -2.04. The summed E-state index contributed by atoms with van der Waals surface area (Å²) in [5.41, 5.74) is 0. The minimum atomic E-state index is -1.39. The Kier molecular flexibility index (Phi) is 6.23. The van der Waals surface area contributed by atoms with Gasteiger partial charge in [0, 0.05) is 24.8 Å². The van der Waals surface area contributed by atoms with E-state index in [1.807, 2.05) is 0 Å². The van der Waals surface area contributed by atoms with Gasteiger partial charge in [-0.3, -0.25) is 4.79 Å². The van der Waals surface area contributed by atoms with Crippen LogP contribution in [0.5, 0.6) is 5.75 Å². The van der Waals surface area contributed by atoms with Crippen molar-refractivity contribution >= 4 is 17.6 Å². The van der Waals surface area contributed by atoms with E-state index in [0.717, 1.165) is 0 Å². The average molecular weight is 349 g/mol. The fourth-order valence-corrected chi connectivity index (χ4v) is 2.05. The van der Waals surface area contributed by atoms with E-state index in [4.69, 9.17) is 21.1 Å². The van der Waals surface area contributed by atoms with Crippen LogP contribution >= 0.6 is 11.6 Å². The molecular formula is C19H21ClO4. The number of esters is 1. The van der Waals surface area contributed by atoms with Gasteiger partial charge in [0.2, 0.25) is 5.79 Å². The van der Waals surface area contributed by atoms with Crippen molar-refractivity contribution in [3.05, 3.63) is 64.0 Å². The van der Waals surface area contributed by atoms with Gasteiger partial charge >= 0.3 is 5.97 Å². The fourth-order valence-electron chi connectivity index (χ4n) is 1.93. The number of benzene rings is 2. The van der Waals surface area contributed by atoms with E-state index in [1.165, 1.54) is 17.4 Å². The number of carbonyl (C=O) groups is 1. The molecule has 3 rings (SSSR count). The highest BCUT2D eigenvalue weighted by atomic mass is 35.5. The first kappa shape index (κ1) is 18.3. The molecule has 1 N–H and O–H groups in total. The summed E-state index contributed by atoms with van der Waals surface area (Å²) in [6.45, 7) is 3.35. The van der Waals surface area contributed by atoms with Gasteiger partial charge in [0.15, 0.2) is 0 Å². The highest BCUT2D eigenvalue weighted by molar-refractivity contribution is 6.30. The molecule has 1 aromatic rings. The minimum Gasteiger partial charge on any atom is -0.465 e. The topological polar surface area (TPSA) is 55.8 Å². The molecule has 0 saturated carbocycles. The maximum Gasteiger partial charge on any atom is 0.305 e. The van der Waals surface area contributed by atoms with E-state index < -0.39 is 5.79 Å². The quantitative estimate of drug-likeness (QED) is 0.539. The van der Waals surface area contributed by atoms with E-state index >= 15 is 0 Å². The van der Waals surface area contributed by atoms with Crippen LogP contribution in [0.25, 0.3) is 0 Å². The lowest BCUT2D eigenvalue weighted by atomic mass is 10.1. The van der Waals surface area contributed by atoms with Crippen LogP contribution in [-0.2, 0) is 9.53 Å². The maximum absolute atomic E-state index is 10.9. The van der Waals surface area contributed by atoms with E-state index in [-0.39, 0.29) is 19.0 Å². The van der Waals surface area contributed by atoms with Gasteiger partial charge in [0.25, 0.3) is 0 Å². The van der Waals surface area contributed by atoms with Gasteiger partial charge in [-0.25, -0.2) is 0 Å². The second-order valence-electron chi connectivity index (χ2n) is 5.63. The van der Waals surface area contributed by atoms with Gasteiger partial charge < -0.3 is 14.6 Å². The molecule has 2 aliphatic carbocycles. The molecule has 0 amide bonds. The smallest absolute Gasteiger partial charge is 0.305 e. The largest absolute Gasteiger partial charge is 0.465 e. The van der Waals surface area contributed by atoms with Gasteiger partial charge in [0.1, 0.15) is 5.75 Å². The third kappa shape index (κ3) is 5.55. The predicted octanol–water partition coefficient (Wildman–Crippen LogP) is 4.06. The number of carbonyl (C=O) groups excluding carboxylic acids is 1. The monoisotopic (exact) mass is 348 g/mol. The van der Waals surface area contributed by atoms with Crippen molar-refractivity contribution in [1.82, 2.24) is 0 Å². The highest BCUT2D eigenvalue weighted by Crippen LogP contribution is 2.21. The molecule has 0 radical (unpaired) electrons. The van der Waals surface area contributed by atoms with Crippen LogP contribution in [0.4, 0.5) is 0 Å². The van der Waals surface area contributed by atoms with Crippen molar-refractivity contribution in [3.63, 3.8) is 0 Å². The van der Waals surface area contributed by atoms with Crippen LogP contribution < -0.4 is 4.74 Å². The zero-order chi connectivity index (χ0) is 17.6. The van der Waals surface area contributed by atoms with Gasteiger partial charge in [0.05, 0.1) is 6.61 Å². The number of hydrogen-bond acceptors (Lipinski definition) is 4. The molecule has 4 nitrogen and oxygen atoms in total. The van der Waals surface area contributed by atoms with Crippen LogP contribution in [0.15, 0.2) is 48.5 Å². The molecule has 0 bridgehead atoms. The van der Waals surface area contributed by atoms with Gasteiger partial charge in [-0.05, 0) is 34.7 Å². The second-order valence-corrected chi connectivity index (χ2v) is 6.07. The van der Waals surface area contributed by atoms with Gasteiger partial charge in [-0.15, -0.1) is 0 Å². The predicted molar refractivity (Wildman–Crippen MR) is 92.7 cm³/mol. The lowest BCUT2D eigenvalue weighted by Gasteiger charge is -2.24. The van der Waals surface area contributed by atoms with E-state index in [2.05, 4.69) is 24.3 Å². The number of hydrogen-bond donors (Lipinski definition) is 1. The number of rotatable bonds is 6. The van der Waals surface area contributed by atoms with Crippen molar-refractivity contribution < 1.29 is 19.4 Å².